The van der Waals surface area contributed by atoms with Crippen molar-refractivity contribution in [1.82, 2.24) is 9.97 Å². The molecule has 19 heavy (non-hydrogen) atoms. The Morgan fingerprint density at radius 3 is 2.68 bits per heavy atom. The number of aromatic nitrogens is 2. The number of ketones is 1. The molecule has 5 nitrogen and oxygen atoms in total. The first-order valence-corrected chi connectivity index (χ1v) is 6.55. The maximum absolute atomic E-state index is 11.5. The molecule has 2 heterocycles. The van der Waals surface area contributed by atoms with Gasteiger partial charge in [0.15, 0.2) is 11.5 Å². The lowest BCUT2D eigenvalue weighted by atomic mass is 10.1. The Labute approximate surface area is 114 Å². The summed E-state index contributed by atoms with van der Waals surface area (Å²) in [6.45, 7) is 3.32. The number of carboxylic acids is 1. The minimum atomic E-state index is -1.19. The van der Waals surface area contributed by atoms with Gasteiger partial charge in [-0.1, -0.05) is 13.0 Å². The van der Waals surface area contributed by atoms with Gasteiger partial charge in [-0.15, -0.1) is 11.3 Å². The molecule has 0 spiro atoms. The second-order valence-electron chi connectivity index (χ2n) is 3.92. The lowest BCUT2D eigenvalue weighted by molar-refractivity contribution is 0.0687. The molecule has 0 unspecified atom stereocenters. The summed E-state index contributed by atoms with van der Waals surface area (Å²) >= 11 is 1.07. The molecule has 2 aromatic rings. The third-order valence-corrected chi connectivity index (χ3v) is 3.79. The highest BCUT2D eigenvalue weighted by Gasteiger charge is 2.22. The first kappa shape index (κ1) is 13.4. The van der Waals surface area contributed by atoms with E-state index in [-0.39, 0.29) is 16.4 Å². The number of hydrogen-bond acceptors (Lipinski definition) is 5. The number of hydrogen-bond donors (Lipinski definition) is 1. The molecule has 0 fully saturated rings. The van der Waals surface area contributed by atoms with Crippen molar-refractivity contribution < 1.29 is 14.7 Å². The monoisotopic (exact) mass is 276 g/mol. The van der Waals surface area contributed by atoms with Crippen molar-refractivity contribution in [3.8, 4) is 10.7 Å². The van der Waals surface area contributed by atoms with Gasteiger partial charge >= 0.3 is 5.97 Å². The number of rotatable bonds is 4. The highest BCUT2D eigenvalue weighted by molar-refractivity contribution is 7.17. The SMILES string of the molecule is CCc1cccnc1-c1nc(C(=O)O)c(C(C)=O)s1. The van der Waals surface area contributed by atoms with Crippen LogP contribution in [0, 0.1) is 0 Å². The van der Waals surface area contributed by atoms with E-state index in [1.54, 1.807) is 6.20 Å². The molecule has 0 aliphatic carbocycles. The molecule has 2 rings (SSSR count). The van der Waals surface area contributed by atoms with Crippen molar-refractivity contribution in [3.05, 3.63) is 34.5 Å². The second-order valence-corrected chi connectivity index (χ2v) is 4.92. The lowest BCUT2D eigenvalue weighted by Crippen LogP contribution is -2.03. The van der Waals surface area contributed by atoms with Crippen LogP contribution in [0.5, 0.6) is 0 Å². The van der Waals surface area contributed by atoms with Crippen molar-refractivity contribution in [2.45, 2.75) is 20.3 Å². The Balaban J connectivity index is 2.61. The molecule has 0 radical (unpaired) electrons. The van der Waals surface area contributed by atoms with Gasteiger partial charge in [-0.05, 0) is 18.1 Å². The van der Waals surface area contributed by atoms with Crippen molar-refractivity contribution in [1.29, 1.82) is 0 Å². The normalized spacial score (nSPS) is 10.4. The van der Waals surface area contributed by atoms with Crippen LogP contribution in [0.1, 0.15) is 39.6 Å². The standard InChI is InChI=1S/C13H12N2O3S/c1-3-8-5-4-6-14-9(8)12-15-10(13(17)18)11(19-12)7(2)16/h4-6H,3H2,1-2H3,(H,17,18). The van der Waals surface area contributed by atoms with Gasteiger partial charge in [-0.2, -0.15) is 0 Å². The average Bonchev–Trinajstić information content (AvgIpc) is 2.84. The van der Waals surface area contributed by atoms with E-state index < -0.39 is 5.97 Å². The van der Waals surface area contributed by atoms with Crippen molar-refractivity contribution in [2.75, 3.05) is 0 Å². The molecule has 0 aromatic carbocycles. The summed E-state index contributed by atoms with van der Waals surface area (Å²) in [6, 6.07) is 3.73. The Kier molecular flexibility index (Phi) is 3.71. The van der Waals surface area contributed by atoms with Gasteiger partial charge in [0.05, 0.1) is 0 Å². The highest BCUT2D eigenvalue weighted by Crippen LogP contribution is 2.29. The van der Waals surface area contributed by atoms with E-state index in [1.807, 2.05) is 19.1 Å². The number of nitrogens with zero attached hydrogens (tertiary/aromatic N) is 2. The van der Waals surface area contributed by atoms with Crippen LogP contribution in [0.4, 0.5) is 0 Å². The van der Waals surface area contributed by atoms with Crippen molar-refractivity contribution >= 4 is 23.1 Å². The maximum atomic E-state index is 11.5. The molecular formula is C13H12N2O3S. The van der Waals surface area contributed by atoms with Crippen LogP contribution in [0.25, 0.3) is 10.7 Å². The summed E-state index contributed by atoms with van der Waals surface area (Å²) in [5.41, 5.74) is 1.42. The topological polar surface area (TPSA) is 80.2 Å². The largest absolute Gasteiger partial charge is 0.476 e. The molecule has 0 aliphatic heterocycles. The number of aromatic carboxylic acids is 1. The van der Waals surface area contributed by atoms with Crippen molar-refractivity contribution in [3.63, 3.8) is 0 Å². The van der Waals surface area contributed by atoms with Gasteiger partial charge in [-0.3, -0.25) is 9.78 Å². The highest BCUT2D eigenvalue weighted by atomic mass is 32.1. The van der Waals surface area contributed by atoms with Crippen LogP contribution >= 0.6 is 11.3 Å². The number of carboxylic acid groups (broad SMARTS) is 1. The molecule has 0 aliphatic rings. The van der Waals surface area contributed by atoms with E-state index in [9.17, 15) is 9.59 Å². The van der Waals surface area contributed by atoms with E-state index in [4.69, 9.17) is 5.11 Å². The lowest BCUT2D eigenvalue weighted by Gasteiger charge is -2.01. The average molecular weight is 276 g/mol. The van der Waals surface area contributed by atoms with Gasteiger partial charge in [-0.25, -0.2) is 9.78 Å². The molecule has 98 valence electrons. The molecule has 1 N–H and O–H groups in total. The smallest absolute Gasteiger partial charge is 0.356 e. The van der Waals surface area contributed by atoms with Gasteiger partial charge < -0.3 is 5.11 Å². The molecule has 2 aromatic heterocycles. The molecular weight excluding hydrogens is 264 g/mol. The number of aryl methyl sites for hydroxylation is 1. The van der Waals surface area contributed by atoms with Crippen LogP contribution in [0.3, 0.4) is 0 Å². The Hall–Kier alpha value is -2.08. The Morgan fingerprint density at radius 2 is 2.16 bits per heavy atom. The number of carbonyl (C=O) groups excluding carboxylic acids is 1. The van der Waals surface area contributed by atoms with Crippen LogP contribution in [0.2, 0.25) is 0 Å². The zero-order chi connectivity index (χ0) is 14.0. The minimum Gasteiger partial charge on any atom is -0.476 e. The number of thiazole rings is 1. The van der Waals surface area contributed by atoms with E-state index in [0.717, 1.165) is 23.3 Å². The van der Waals surface area contributed by atoms with E-state index in [0.29, 0.717) is 10.7 Å². The number of Topliss-reactive ketones (excluding diaryl/α,β-unsaturated/α-hetero) is 1. The van der Waals surface area contributed by atoms with Gasteiger partial charge in [0.25, 0.3) is 0 Å². The van der Waals surface area contributed by atoms with E-state index >= 15 is 0 Å². The zero-order valence-corrected chi connectivity index (χ0v) is 11.3. The maximum Gasteiger partial charge on any atom is 0.356 e. The predicted molar refractivity (Wildman–Crippen MR) is 71.7 cm³/mol. The third kappa shape index (κ3) is 2.53. The van der Waals surface area contributed by atoms with Crippen molar-refractivity contribution in [2.24, 2.45) is 0 Å². The van der Waals surface area contributed by atoms with Gasteiger partial charge in [0.1, 0.15) is 15.6 Å². The first-order chi connectivity index (χ1) is 9.04. The van der Waals surface area contributed by atoms with E-state index in [1.165, 1.54) is 6.92 Å². The second kappa shape index (κ2) is 5.27. The molecule has 0 saturated carbocycles. The van der Waals surface area contributed by atoms with Crippen LogP contribution in [0.15, 0.2) is 18.3 Å². The summed E-state index contributed by atoms with van der Waals surface area (Å²) in [5, 5.41) is 9.55. The van der Waals surface area contributed by atoms with Crippen LogP contribution in [-0.2, 0) is 6.42 Å². The molecule has 6 heteroatoms. The summed E-state index contributed by atoms with van der Waals surface area (Å²) in [4.78, 5) is 31.0. The zero-order valence-electron chi connectivity index (χ0n) is 10.5. The number of pyridine rings is 1. The first-order valence-electron chi connectivity index (χ1n) is 5.74. The number of carbonyl (C=O) groups is 2. The molecule has 0 saturated heterocycles. The third-order valence-electron chi connectivity index (χ3n) is 2.62. The van der Waals surface area contributed by atoms with E-state index in [2.05, 4.69) is 9.97 Å². The fourth-order valence-corrected chi connectivity index (χ4v) is 2.71. The fourth-order valence-electron chi connectivity index (χ4n) is 1.72. The summed E-state index contributed by atoms with van der Waals surface area (Å²) in [5.74, 6) is -1.49. The minimum absolute atomic E-state index is 0.162. The summed E-state index contributed by atoms with van der Waals surface area (Å²) < 4.78 is 0. The molecule has 0 bridgehead atoms. The predicted octanol–water partition coefficient (Wildman–Crippen LogP) is 2.67. The molecule has 0 atom stereocenters. The fraction of sp³-hybridized carbons (Fsp3) is 0.231. The van der Waals surface area contributed by atoms with Gasteiger partial charge in [0, 0.05) is 13.1 Å². The van der Waals surface area contributed by atoms with Gasteiger partial charge in [0.2, 0.25) is 0 Å². The Morgan fingerprint density at radius 1 is 1.42 bits per heavy atom. The quantitative estimate of drug-likeness (QED) is 0.868. The summed E-state index contributed by atoms with van der Waals surface area (Å²) in [7, 11) is 0. The van der Waals surface area contributed by atoms with Crippen LogP contribution in [-0.4, -0.2) is 26.8 Å². The Bertz CT molecular complexity index is 618. The summed E-state index contributed by atoms with van der Waals surface area (Å²) in [6.07, 6.45) is 2.39. The molecule has 0 amide bonds. The van der Waals surface area contributed by atoms with Crippen LogP contribution < -0.4 is 0 Å².